The van der Waals surface area contributed by atoms with Crippen molar-refractivity contribution < 1.29 is 9.47 Å². The van der Waals surface area contributed by atoms with Gasteiger partial charge in [0.1, 0.15) is 0 Å². The maximum atomic E-state index is 5.74. The van der Waals surface area contributed by atoms with E-state index in [0.717, 1.165) is 51.7 Å². The number of thioether (sulfide) groups is 1. The molecule has 2 aliphatic heterocycles. The molecule has 6 nitrogen and oxygen atoms in total. The molecule has 0 aromatic rings. The third-order valence-electron chi connectivity index (χ3n) is 6.11. The second-order valence-electron chi connectivity index (χ2n) is 7.95. The van der Waals surface area contributed by atoms with Gasteiger partial charge in [-0.3, -0.25) is 9.89 Å². The third-order valence-corrected chi connectivity index (χ3v) is 7.05. The summed E-state index contributed by atoms with van der Waals surface area (Å²) in [5.74, 6) is 3.48. The Hall–Kier alpha value is 0.230. The Kier molecular flexibility index (Phi) is 11.8. The minimum Gasteiger partial charge on any atom is -0.379 e. The van der Waals surface area contributed by atoms with Crippen LogP contribution in [0.4, 0.5) is 0 Å². The first-order valence-electron chi connectivity index (χ1n) is 10.8. The SMILES string of the molecule is CN=C(NCCCOCC1CCCO1)NCC1(N2CCSCC2)CCCC1.I. The first kappa shape index (κ1) is 24.5. The summed E-state index contributed by atoms with van der Waals surface area (Å²) in [7, 11) is 1.86. The molecule has 1 saturated carbocycles. The summed E-state index contributed by atoms with van der Waals surface area (Å²) >= 11 is 2.09. The zero-order valence-corrected chi connectivity index (χ0v) is 20.6. The molecule has 1 atom stereocenters. The fraction of sp³-hybridized carbons (Fsp3) is 0.950. The Labute approximate surface area is 192 Å². The van der Waals surface area contributed by atoms with Gasteiger partial charge in [-0.25, -0.2) is 0 Å². The van der Waals surface area contributed by atoms with Gasteiger partial charge in [0.15, 0.2) is 5.96 Å². The molecule has 2 heterocycles. The van der Waals surface area contributed by atoms with Crippen LogP contribution in [0.5, 0.6) is 0 Å². The second-order valence-corrected chi connectivity index (χ2v) is 9.17. The van der Waals surface area contributed by atoms with Crippen molar-refractivity contribution in [2.75, 3.05) is 64.6 Å². The molecule has 3 rings (SSSR count). The molecule has 0 radical (unpaired) electrons. The van der Waals surface area contributed by atoms with Crippen LogP contribution in [0, 0.1) is 0 Å². The maximum absolute atomic E-state index is 5.74. The molecule has 28 heavy (non-hydrogen) atoms. The molecule has 3 aliphatic rings. The van der Waals surface area contributed by atoms with E-state index in [9.17, 15) is 0 Å². The number of ether oxygens (including phenoxy) is 2. The fourth-order valence-corrected chi connectivity index (χ4v) is 5.42. The molecule has 2 N–H and O–H groups in total. The monoisotopic (exact) mass is 526 g/mol. The average Bonchev–Trinajstić information content (AvgIpc) is 3.40. The Balaban J connectivity index is 0.00000280. The predicted octanol–water partition coefficient (Wildman–Crippen LogP) is 2.72. The van der Waals surface area contributed by atoms with E-state index in [1.165, 1.54) is 56.7 Å². The van der Waals surface area contributed by atoms with E-state index in [1.54, 1.807) is 0 Å². The Morgan fingerprint density at radius 3 is 2.68 bits per heavy atom. The third kappa shape index (κ3) is 7.49. The lowest BCUT2D eigenvalue weighted by molar-refractivity contribution is 0.0168. The minimum absolute atomic E-state index is 0. The van der Waals surface area contributed by atoms with Crippen LogP contribution >= 0.6 is 35.7 Å². The lowest BCUT2D eigenvalue weighted by Crippen LogP contribution is -2.57. The van der Waals surface area contributed by atoms with Crippen LogP contribution in [0.2, 0.25) is 0 Å². The van der Waals surface area contributed by atoms with Crippen LogP contribution in [0.25, 0.3) is 0 Å². The van der Waals surface area contributed by atoms with Crippen LogP contribution in [-0.2, 0) is 9.47 Å². The highest BCUT2D eigenvalue weighted by Gasteiger charge is 2.39. The van der Waals surface area contributed by atoms with Gasteiger partial charge in [0, 0.05) is 63.5 Å². The quantitative estimate of drug-likeness (QED) is 0.209. The molecule has 0 aromatic carbocycles. The van der Waals surface area contributed by atoms with Crippen molar-refractivity contribution in [1.29, 1.82) is 0 Å². The van der Waals surface area contributed by atoms with Gasteiger partial charge >= 0.3 is 0 Å². The smallest absolute Gasteiger partial charge is 0.191 e. The average molecular weight is 527 g/mol. The standard InChI is InChI=1S/C20H38N4O2S.HI/c1-21-19(22-9-5-12-25-16-18-6-4-13-26-18)23-17-20(7-2-3-8-20)24-10-14-27-15-11-24;/h18H,2-17H2,1H3,(H2,21,22,23);1H. The Morgan fingerprint density at radius 1 is 1.21 bits per heavy atom. The van der Waals surface area contributed by atoms with Crippen molar-refractivity contribution in [3.05, 3.63) is 0 Å². The Morgan fingerprint density at radius 2 is 2.00 bits per heavy atom. The van der Waals surface area contributed by atoms with Gasteiger partial charge in [0.25, 0.3) is 0 Å². The summed E-state index contributed by atoms with van der Waals surface area (Å²) in [5, 5.41) is 7.06. The molecule has 0 aromatic heterocycles. The molecule has 1 unspecified atom stereocenters. The summed E-state index contributed by atoms with van der Waals surface area (Å²) in [6, 6.07) is 0. The van der Waals surface area contributed by atoms with Crippen molar-refractivity contribution in [2.45, 2.75) is 56.6 Å². The van der Waals surface area contributed by atoms with Gasteiger partial charge < -0.3 is 20.1 Å². The van der Waals surface area contributed by atoms with Crippen molar-refractivity contribution in [3.63, 3.8) is 0 Å². The van der Waals surface area contributed by atoms with E-state index in [2.05, 4.69) is 32.3 Å². The fourth-order valence-electron chi connectivity index (χ4n) is 4.52. The van der Waals surface area contributed by atoms with Gasteiger partial charge in [0.05, 0.1) is 12.7 Å². The second kappa shape index (κ2) is 13.5. The van der Waals surface area contributed by atoms with Crippen LogP contribution in [-0.4, -0.2) is 87.1 Å². The zero-order chi connectivity index (χ0) is 18.8. The molecular weight excluding hydrogens is 487 g/mol. The van der Waals surface area contributed by atoms with Gasteiger partial charge in [-0.05, 0) is 32.1 Å². The molecule has 0 spiro atoms. The van der Waals surface area contributed by atoms with Crippen molar-refractivity contribution in [1.82, 2.24) is 15.5 Å². The number of halogens is 1. The van der Waals surface area contributed by atoms with Gasteiger partial charge in [-0.2, -0.15) is 11.8 Å². The molecule has 0 amide bonds. The molecule has 2 saturated heterocycles. The van der Waals surface area contributed by atoms with E-state index in [4.69, 9.17) is 9.47 Å². The number of hydrogen-bond acceptors (Lipinski definition) is 5. The van der Waals surface area contributed by atoms with Crippen LogP contribution < -0.4 is 10.6 Å². The highest BCUT2D eigenvalue weighted by Crippen LogP contribution is 2.36. The van der Waals surface area contributed by atoms with Crippen molar-refractivity contribution >= 4 is 41.7 Å². The van der Waals surface area contributed by atoms with Crippen LogP contribution in [0.3, 0.4) is 0 Å². The topological polar surface area (TPSA) is 58.1 Å². The molecule has 164 valence electrons. The van der Waals surface area contributed by atoms with Crippen LogP contribution in [0.15, 0.2) is 4.99 Å². The largest absolute Gasteiger partial charge is 0.379 e. The van der Waals surface area contributed by atoms with Crippen molar-refractivity contribution in [2.24, 2.45) is 4.99 Å². The number of nitrogens with zero attached hydrogens (tertiary/aromatic N) is 2. The number of guanidine groups is 1. The van der Waals surface area contributed by atoms with E-state index in [1.807, 2.05) is 7.05 Å². The summed E-state index contributed by atoms with van der Waals surface area (Å²) in [4.78, 5) is 7.16. The Bertz CT molecular complexity index is 451. The first-order valence-corrected chi connectivity index (χ1v) is 11.9. The van der Waals surface area contributed by atoms with Gasteiger partial charge in [0.2, 0.25) is 0 Å². The molecule has 0 bridgehead atoms. The van der Waals surface area contributed by atoms with Crippen LogP contribution in [0.1, 0.15) is 44.9 Å². The summed E-state index contributed by atoms with van der Waals surface area (Å²) in [6.45, 7) is 6.78. The molecule has 1 aliphatic carbocycles. The van der Waals surface area contributed by atoms with E-state index < -0.39 is 0 Å². The van der Waals surface area contributed by atoms with Gasteiger partial charge in [-0.1, -0.05) is 12.8 Å². The first-order chi connectivity index (χ1) is 13.3. The summed E-state index contributed by atoms with van der Waals surface area (Å²) < 4.78 is 11.3. The van der Waals surface area contributed by atoms with E-state index in [-0.39, 0.29) is 24.0 Å². The highest BCUT2D eigenvalue weighted by molar-refractivity contribution is 14.0. The lowest BCUT2D eigenvalue weighted by Gasteiger charge is -2.43. The van der Waals surface area contributed by atoms with Crippen molar-refractivity contribution in [3.8, 4) is 0 Å². The normalized spacial score (nSPS) is 25.5. The maximum Gasteiger partial charge on any atom is 0.191 e. The number of rotatable bonds is 9. The summed E-state index contributed by atoms with van der Waals surface area (Å²) in [5.41, 5.74) is 0.336. The summed E-state index contributed by atoms with van der Waals surface area (Å²) in [6.07, 6.45) is 8.99. The minimum atomic E-state index is 0. The van der Waals surface area contributed by atoms with E-state index in [0.29, 0.717) is 11.6 Å². The number of aliphatic imine (C=N–C) groups is 1. The number of nitrogens with one attached hydrogen (secondary N) is 2. The number of hydrogen-bond donors (Lipinski definition) is 2. The van der Waals surface area contributed by atoms with Gasteiger partial charge in [-0.15, -0.1) is 24.0 Å². The lowest BCUT2D eigenvalue weighted by atomic mass is 9.94. The molecule has 8 heteroatoms. The van der Waals surface area contributed by atoms with E-state index >= 15 is 0 Å². The predicted molar refractivity (Wildman–Crippen MR) is 129 cm³/mol. The molecular formula is C20H39IN4O2S. The molecule has 3 fully saturated rings. The zero-order valence-electron chi connectivity index (χ0n) is 17.4. The highest BCUT2D eigenvalue weighted by atomic mass is 127.